The van der Waals surface area contributed by atoms with Gasteiger partial charge in [0.25, 0.3) is 0 Å². The lowest BCUT2D eigenvalue weighted by molar-refractivity contribution is -0.114. The van der Waals surface area contributed by atoms with Gasteiger partial charge in [-0.2, -0.15) is 0 Å². The number of hydrogen-bond donors (Lipinski definition) is 0. The van der Waals surface area contributed by atoms with Crippen LogP contribution in [0.5, 0.6) is 0 Å². The van der Waals surface area contributed by atoms with E-state index in [-0.39, 0.29) is 0 Å². The van der Waals surface area contributed by atoms with Crippen molar-refractivity contribution in [3.8, 4) is 0 Å². The maximum absolute atomic E-state index is 11.2. The summed E-state index contributed by atoms with van der Waals surface area (Å²) in [6, 6.07) is 0. The Bertz CT molecular complexity index is 273. The number of cyclic esters (lactones) is 4. The summed E-state index contributed by atoms with van der Waals surface area (Å²) in [4.78, 5) is 22.3. The van der Waals surface area contributed by atoms with Crippen LogP contribution in [0.25, 0.3) is 0 Å². The smallest absolute Gasteiger partial charge is 0.427 e. The highest BCUT2D eigenvalue weighted by Gasteiger charge is 2.42. The third kappa shape index (κ3) is 2.87. The average molecular weight is 230 g/mol. The molecule has 1 fully saturated rings. The van der Waals surface area contributed by atoms with E-state index in [0.717, 1.165) is 0 Å². The second-order valence-electron chi connectivity index (χ2n) is 4.59. The largest absolute Gasteiger partial charge is 0.519 e. The molecule has 0 bridgehead atoms. The van der Waals surface area contributed by atoms with Gasteiger partial charge in [-0.15, -0.1) is 0 Å². The molecule has 16 heavy (non-hydrogen) atoms. The van der Waals surface area contributed by atoms with Crippen LogP contribution in [0.2, 0.25) is 0 Å². The molecule has 1 heterocycles. The first-order valence-corrected chi connectivity index (χ1v) is 5.46. The van der Waals surface area contributed by atoms with E-state index in [4.69, 9.17) is 9.47 Å². The Kier molecular flexibility index (Phi) is 3.45. The van der Waals surface area contributed by atoms with Crippen LogP contribution in [-0.2, 0) is 14.2 Å². The van der Waals surface area contributed by atoms with E-state index in [1.54, 1.807) is 13.8 Å². The summed E-state index contributed by atoms with van der Waals surface area (Å²) in [6.45, 7) is 7.43. The van der Waals surface area contributed by atoms with Crippen molar-refractivity contribution >= 4 is 12.3 Å². The molecule has 0 aromatic carbocycles. The molecule has 0 N–H and O–H groups in total. The Morgan fingerprint density at radius 2 is 1.38 bits per heavy atom. The zero-order valence-corrected chi connectivity index (χ0v) is 10.2. The van der Waals surface area contributed by atoms with Crippen molar-refractivity contribution < 1.29 is 23.8 Å². The van der Waals surface area contributed by atoms with E-state index in [1.165, 1.54) is 0 Å². The molecule has 0 aliphatic carbocycles. The van der Waals surface area contributed by atoms with E-state index in [9.17, 15) is 9.59 Å². The van der Waals surface area contributed by atoms with Crippen LogP contribution in [0.1, 0.15) is 47.0 Å². The SMILES string of the molecule is CCC1(C)CC(C)(CC)OC(=O)OC(=O)O1. The average Bonchev–Trinajstić information content (AvgIpc) is 2.14. The summed E-state index contributed by atoms with van der Waals surface area (Å²) in [5.74, 6) is 0. The molecule has 1 saturated heterocycles. The summed E-state index contributed by atoms with van der Waals surface area (Å²) in [5.41, 5.74) is -1.33. The van der Waals surface area contributed by atoms with Crippen molar-refractivity contribution in [3.05, 3.63) is 0 Å². The van der Waals surface area contributed by atoms with Crippen LogP contribution in [0.4, 0.5) is 9.59 Å². The normalized spacial score (nSPS) is 35.5. The Morgan fingerprint density at radius 3 is 1.69 bits per heavy atom. The Balaban J connectivity index is 2.93. The van der Waals surface area contributed by atoms with E-state index < -0.39 is 23.5 Å². The lowest BCUT2D eigenvalue weighted by Crippen LogP contribution is -2.46. The molecule has 0 aromatic rings. The van der Waals surface area contributed by atoms with Crippen LogP contribution in [0.3, 0.4) is 0 Å². The molecule has 0 spiro atoms. The molecule has 5 nitrogen and oxygen atoms in total. The molecular formula is C11H18O5. The molecule has 92 valence electrons. The fourth-order valence-electron chi connectivity index (χ4n) is 1.77. The fourth-order valence-corrected chi connectivity index (χ4v) is 1.77. The van der Waals surface area contributed by atoms with Gasteiger partial charge in [0.15, 0.2) is 0 Å². The van der Waals surface area contributed by atoms with Gasteiger partial charge in [0, 0.05) is 6.42 Å². The third-order valence-corrected chi connectivity index (χ3v) is 3.07. The van der Waals surface area contributed by atoms with Gasteiger partial charge in [-0.3, -0.25) is 0 Å². The second kappa shape index (κ2) is 4.31. The molecule has 0 amide bonds. The van der Waals surface area contributed by atoms with Crippen molar-refractivity contribution in [3.63, 3.8) is 0 Å². The lowest BCUT2D eigenvalue weighted by atomic mass is 9.85. The van der Waals surface area contributed by atoms with Gasteiger partial charge in [-0.1, -0.05) is 13.8 Å². The number of rotatable bonds is 2. The molecule has 0 aromatic heterocycles. The summed E-state index contributed by atoms with van der Waals surface area (Å²) in [6.07, 6.45) is -0.252. The number of carbonyl (C=O) groups is 2. The monoisotopic (exact) mass is 230 g/mol. The van der Waals surface area contributed by atoms with Gasteiger partial charge in [0.2, 0.25) is 0 Å². The number of carbonyl (C=O) groups excluding carboxylic acids is 2. The van der Waals surface area contributed by atoms with Gasteiger partial charge in [-0.05, 0) is 26.7 Å². The summed E-state index contributed by atoms with van der Waals surface area (Å²) in [5, 5.41) is 0. The minimum atomic E-state index is -0.993. The molecule has 2 atom stereocenters. The maximum Gasteiger partial charge on any atom is 0.519 e. The number of ether oxygens (including phenoxy) is 3. The minimum absolute atomic E-state index is 0.466. The van der Waals surface area contributed by atoms with Crippen molar-refractivity contribution in [1.29, 1.82) is 0 Å². The topological polar surface area (TPSA) is 61.8 Å². The highest BCUT2D eigenvalue weighted by atomic mass is 16.8. The Labute approximate surface area is 95.0 Å². The highest BCUT2D eigenvalue weighted by Crippen LogP contribution is 2.34. The number of hydrogen-bond acceptors (Lipinski definition) is 5. The standard InChI is InChI=1S/C11H18O5/c1-5-10(3)7-11(4,6-2)16-9(13)14-8(12)15-10/h5-7H2,1-4H3. The van der Waals surface area contributed by atoms with Crippen LogP contribution < -0.4 is 0 Å². The van der Waals surface area contributed by atoms with E-state index >= 15 is 0 Å². The molecule has 5 heteroatoms. The predicted molar refractivity (Wildman–Crippen MR) is 56.1 cm³/mol. The summed E-state index contributed by atoms with van der Waals surface area (Å²) in [7, 11) is 0. The lowest BCUT2D eigenvalue weighted by Gasteiger charge is -2.38. The van der Waals surface area contributed by atoms with E-state index in [1.807, 2.05) is 13.8 Å². The predicted octanol–water partition coefficient (Wildman–Crippen LogP) is 3.02. The van der Waals surface area contributed by atoms with E-state index in [0.29, 0.717) is 19.3 Å². The van der Waals surface area contributed by atoms with Crippen molar-refractivity contribution in [2.75, 3.05) is 0 Å². The first-order valence-electron chi connectivity index (χ1n) is 5.46. The second-order valence-corrected chi connectivity index (χ2v) is 4.59. The zero-order chi connectivity index (χ0) is 12.4. The van der Waals surface area contributed by atoms with E-state index in [2.05, 4.69) is 4.74 Å². The van der Waals surface area contributed by atoms with Gasteiger partial charge in [-0.25, -0.2) is 9.59 Å². The van der Waals surface area contributed by atoms with Crippen LogP contribution in [-0.4, -0.2) is 23.5 Å². The van der Waals surface area contributed by atoms with Gasteiger partial charge >= 0.3 is 12.3 Å². The van der Waals surface area contributed by atoms with Gasteiger partial charge in [0.05, 0.1) is 0 Å². The molecule has 2 unspecified atom stereocenters. The van der Waals surface area contributed by atoms with Gasteiger partial charge in [0.1, 0.15) is 11.2 Å². The molecule has 1 aliphatic rings. The highest BCUT2D eigenvalue weighted by molar-refractivity contribution is 5.77. The fraction of sp³-hybridized carbons (Fsp3) is 0.818. The summed E-state index contributed by atoms with van der Waals surface area (Å²) < 4.78 is 14.6. The minimum Gasteiger partial charge on any atom is -0.427 e. The third-order valence-electron chi connectivity index (χ3n) is 3.07. The first kappa shape index (κ1) is 12.8. The van der Waals surface area contributed by atoms with Crippen LogP contribution in [0.15, 0.2) is 0 Å². The van der Waals surface area contributed by atoms with Crippen molar-refractivity contribution in [1.82, 2.24) is 0 Å². The van der Waals surface area contributed by atoms with Crippen molar-refractivity contribution in [2.24, 2.45) is 0 Å². The molecule has 1 rings (SSSR count). The maximum atomic E-state index is 11.2. The molecule has 0 radical (unpaired) electrons. The summed E-state index contributed by atoms with van der Waals surface area (Å²) >= 11 is 0. The zero-order valence-electron chi connectivity index (χ0n) is 10.2. The first-order chi connectivity index (χ1) is 7.32. The molecule has 0 saturated carbocycles. The van der Waals surface area contributed by atoms with Crippen LogP contribution >= 0.6 is 0 Å². The van der Waals surface area contributed by atoms with Crippen LogP contribution in [0, 0.1) is 0 Å². The molecular weight excluding hydrogens is 212 g/mol. The quantitative estimate of drug-likeness (QED) is 0.539. The van der Waals surface area contributed by atoms with Crippen molar-refractivity contribution in [2.45, 2.75) is 58.2 Å². The Hall–Kier alpha value is -1.26. The Morgan fingerprint density at radius 1 is 1.00 bits per heavy atom. The van der Waals surface area contributed by atoms with Gasteiger partial charge < -0.3 is 14.2 Å². The molecule has 1 aliphatic heterocycles.